The number of hydrogen-bond acceptors (Lipinski definition) is 11. The molecule has 1 saturated heterocycles. The first-order chi connectivity index (χ1) is 22.3. The summed E-state index contributed by atoms with van der Waals surface area (Å²) in [4.78, 5) is 40.7. The molecule has 1 aliphatic rings. The lowest BCUT2D eigenvalue weighted by Crippen LogP contribution is -2.46. The fourth-order valence-corrected chi connectivity index (χ4v) is 6.25. The number of amides is 1. The second-order valence-electron chi connectivity index (χ2n) is 11.1. The molecule has 1 aromatic carbocycles. The fraction of sp³-hybridized carbons (Fsp3) is 0.364. The molecular formula is C33H41N11OS. The molecule has 5 N–H and O–H groups in total. The summed E-state index contributed by atoms with van der Waals surface area (Å²) in [5, 5.41) is 16.5. The molecule has 1 fully saturated rings. The number of amidine groups is 1. The van der Waals surface area contributed by atoms with Gasteiger partial charge in [0.1, 0.15) is 12.2 Å². The van der Waals surface area contributed by atoms with Crippen molar-refractivity contribution in [3.8, 4) is 0 Å². The van der Waals surface area contributed by atoms with Crippen LogP contribution in [-0.4, -0.2) is 94.2 Å². The summed E-state index contributed by atoms with van der Waals surface area (Å²) in [5.41, 5.74) is 11.1. The van der Waals surface area contributed by atoms with Gasteiger partial charge in [-0.3, -0.25) is 19.7 Å². The van der Waals surface area contributed by atoms with Crippen LogP contribution in [0.3, 0.4) is 0 Å². The van der Waals surface area contributed by atoms with E-state index < -0.39 is 0 Å². The molecule has 0 bridgehead atoms. The number of carbonyl (C=O) groups excluding carboxylic acids is 1. The van der Waals surface area contributed by atoms with E-state index in [0.29, 0.717) is 57.4 Å². The number of nitrogens with two attached hydrogens (primary N) is 1. The van der Waals surface area contributed by atoms with Crippen LogP contribution in [0.2, 0.25) is 0 Å². The maximum absolute atomic E-state index is 13.5. The van der Waals surface area contributed by atoms with Gasteiger partial charge in [-0.15, -0.1) is 11.3 Å². The Kier molecular flexibility index (Phi) is 11.1. The molecule has 1 aliphatic heterocycles. The molecule has 0 saturated carbocycles. The van der Waals surface area contributed by atoms with E-state index in [9.17, 15) is 4.79 Å². The molecule has 240 valence electrons. The summed E-state index contributed by atoms with van der Waals surface area (Å²) in [6.45, 7) is 13.5. The number of hydrogen-bond donors (Lipinski definition) is 4. The standard InChI is InChI=1S/C33H41N11OS/c1-4-43-15-17-44(18-16-43)14-13-36-12-11-28(35)42-32-31-30(38-21-39-32)25(20-46-31)33(45)41-27-10-6-9-26(29(27)23(3)34)37-19-24-8-5-7-22(2)40-24/h5-10,12,20-21,34,37H,4,11,13-19H2,1-3H3,(H,41,45)(H2,35,38,39,42). The number of rotatable bonds is 13. The van der Waals surface area contributed by atoms with Crippen LogP contribution in [0.15, 0.2) is 58.1 Å². The first-order valence-corrected chi connectivity index (χ1v) is 16.3. The summed E-state index contributed by atoms with van der Waals surface area (Å²) in [7, 11) is 0. The van der Waals surface area contributed by atoms with Gasteiger partial charge in [-0.1, -0.05) is 19.1 Å². The zero-order valence-corrected chi connectivity index (χ0v) is 27.4. The van der Waals surface area contributed by atoms with Crippen LogP contribution in [0.1, 0.15) is 47.6 Å². The van der Waals surface area contributed by atoms with Gasteiger partial charge in [0.25, 0.3) is 5.91 Å². The van der Waals surface area contributed by atoms with Gasteiger partial charge >= 0.3 is 0 Å². The largest absolute Gasteiger partial charge is 0.387 e. The van der Waals surface area contributed by atoms with Crippen LogP contribution < -0.4 is 16.4 Å². The average Bonchev–Trinajstić information content (AvgIpc) is 3.49. The van der Waals surface area contributed by atoms with Gasteiger partial charge in [-0.2, -0.15) is 0 Å². The minimum Gasteiger partial charge on any atom is -0.387 e. The van der Waals surface area contributed by atoms with Crippen LogP contribution in [-0.2, 0) is 6.54 Å². The number of thiophene rings is 1. The smallest absolute Gasteiger partial charge is 0.258 e. The zero-order chi connectivity index (χ0) is 32.5. The van der Waals surface area contributed by atoms with Gasteiger partial charge in [0.05, 0.1) is 40.3 Å². The Labute approximate surface area is 273 Å². The molecule has 12 nitrogen and oxygen atoms in total. The Morgan fingerprint density at radius 2 is 1.87 bits per heavy atom. The number of benzene rings is 1. The van der Waals surface area contributed by atoms with Crippen molar-refractivity contribution in [1.29, 1.82) is 5.41 Å². The first kappa shape index (κ1) is 32.8. The monoisotopic (exact) mass is 639 g/mol. The molecule has 4 heterocycles. The highest BCUT2D eigenvalue weighted by Crippen LogP contribution is 2.32. The van der Waals surface area contributed by atoms with Crippen molar-refractivity contribution in [2.75, 3.05) is 56.4 Å². The summed E-state index contributed by atoms with van der Waals surface area (Å²) >= 11 is 1.34. The molecular weight excluding hydrogens is 599 g/mol. The average molecular weight is 640 g/mol. The number of likely N-dealkylation sites (N-methyl/N-ethyl adjacent to an activating group) is 1. The Bertz CT molecular complexity index is 1740. The fourth-order valence-electron chi connectivity index (χ4n) is 5.32. The van der Waals surface area contributed by atoms with Crippen LogP contribution in [0.25, 0.3) is 10.2 Å². The number of nitrogens with zero attached hydrogens (tertiary/aromatic N) is 7. The third-order valence-corrected chi connectivity index (χ3v) is 8.77. The first-order valence-electron chi connectivity index (χ1n) is 15.5. The van der Waals surface area contributed by atoms with Gasteiger partial charge in [0.2, 0.25) is 0 Å². The Hall–Kier alpha value is -4.59. The van der Waals surface area contributed by atoms with Crippen molar-refractivity contribution >= 4 is 62.4 Å². The van der Waals surface area contributed by atoms with E-state index in [4.69, 9.17) is 11.1 Å². The third-order valence-electron chi connectivity index (χ3n) is 7.81. The van der Waals surface area contributed by atoms with Crippen molar-refractivity contribution in [2.45, 2.75) is 33.7 Å². The molecule has 46 heavy (non-hydrogen) atoms. The van der Waals surface area contributed by atoms with E-state index in [-0.39, 0.29) is 5.91 Å². The quantitative estimate of drug-likeness (QED) is 0.121. The summed E-state index contributed by atoms with van der Waals surface area (Å²) in [6.07, 6.45) is 3.60. The number of aromatic nitrogens is 3. The normalized spacial score (nSPS) is 14.6. The number of piperazine rings is 1. The van der Waals surface area contributed by atoms with Crippen LogP contribution in [0, 0.1) is 12.3 Å². The molecule has 0 unspecified atom stereocenters. The summed E-state index contributed by atoms with van der Waals surface area (Å²) < 4.78 is 0.670. The van der Waals surface area contributed by atoms with Crippen molar-refractivity contribution in [1.82, 2.24) is 24.8 Å². The topological polar surface area (TPSA) is 161 Å². The molecule has 13 heteroatoms. The van der Waals surface area contributed by atoms with Gasteiger partial charge in [0.15, 0.2) is 5.82 Å². The van der Waals surface area contributed by atoms with Gasteiger partial charge in [-0.05, 0) is 44.7 Å². The highest BCUT2D eigenvalue weighted by atomic mass is 32.1. The molecule has 0 radical (unpaired) electrons. The van der Waals surface area contributed by atoms with Crippen LogP contribution >= 0.6 is 11.3 Å². The van der Waals surface area contributed by atoms with E-state index in [1.807, 2.05) is 37.3 Å². The Morgan fingerprint density at radius 3 is 2.63 bits per heavy atom. The van der Waals surface area contributed by atoms with Gasteiger partial charge in [0, 0.05) is 73.4 Å². The number of aliphatic imine (C=N–C) groups is 2. The SMILES string of the molecule is CCN1CCN(CCN=CCC(N)=Nc2ncnc3c(C(=O)Nc4cccc(NCc5cccc(C)n5)c4C(C)=N)csc23)CC1. The van der Waals surface area contributed by atoms with Crippen molar-refractivity contribution in [2.24, 2.45) is 15.7 Å². The lowest BCUT2D eigenvalue weighted by molar-refractivity contribution is 0.102. The molecule has 1 amide bonds. The lowest BCUT2D eigenvalue weighted by Gasteiger charge is -2.33. The van der Waals surface area contributed by atoms with Crippen molar-refractivity contribution in [3.05, 3.63) is 70.6 Å². The summed E-state index contributed by atoms with van der Waals surface area (Å²) in [6, 6.07) is 11.4. The van der Waals surface area contributed by atoms with E-state index in [2.05, 4.69) is 52.3 Å². The van der Waals surface area contributed by atoms with Gasteiger partial charge in [-0.25, -0.2) is 15.0 Å². The maximum atomic E-state index is 13.5. The number of fused-ring (bicyclic) bond motifs is 1. The second kappa shape index (κ2) is 15.6. The van der Waals surface area contributed by atoms with Gasteiger partial charge < -0.3 is 26.7 Å². The highest BCUT2D eigenvalue weighted by molar-refractivity contribution is 7.18. The molecule has 0 spiro atoms. The Morgan fingerprint density at radius 1 is 1.11 bits per heavy atom. The van der Waals surface area contributed by atoms with Crippen molar-refractivity contribution < 1.29 is 4.79 Å². The number of nitrogens with one attached hydrogen (secondary N) is 3. The second-order valence-corrected chi connectivity index (χ2v) is 12.0. The van der Waals surface area contributed by atoms with E-state index in [1.54, 1.807) is 24.6 Å². The predicted octanol–water partition coefficient (Wildman–Crippen LogP) is 4.73. The number of aryl methyl sites for hydroxylation is 1. The van der Waals surface area contributed by atoms with E-state index >= 15 is 0 Å². The highest BCUT2D eigenvalue weighted by Gasteiger charge is 2.20. The zero-order valence-electron chi connectivity index (χ0n) is 26.6. The molecule has 3 aromatic heterocycles. The number of anilines is 2. The van der Waals surface area contributed by atoms with Crippen molar-refractivity contribution in [3.63, 3.8) is 0 Å². The third kappa shape index (κ3) is 8.36. The molecule has 0 aliphatic carbocycles. The number of pyridine rings is 1. The summed E-state index contributed by atoms with van der Waals surface area (Å²) in [5.74, 6) is 0.466. The van der Waals surface area contributed by atoms with E-state index in [1.165, 1.54) is 17.7 Å². The minimum atomic E-state index is -0.337. The predicted molar refractivity (Wildman–Crippen MR) is 188 cm³/mol. The molecule has 5 rings (SSSR count). The maximum Gasteiger partial charge on any atom is 0.258 e. The minimum absolute atomic E-state index is 0.318. The Balaban J connectivity index is 1.23. The van der Waals surface area contributed by atoms with Crippen LogP contribution in [0.5, 0.6) is 0 Å². The van der Waals surface area contributed by atoms with Crippen LogP contribution in [0.4, 0.5) is 17.2 Å². The van der Waals surface area contributed by atoms with E-state index in [0.717, 1.165) is 62.9 Å². The molecule has 0 atom stereocenters. The molecule has 4 aromatic rings. The number of carbonyl (C=O) groups is 1. The lowest BCUT2D eigenvalue weighted by atomic mass is 10.1.